The zero-order valence-corrected chi connectivity index (χ0v) is 16.9. The monoisotopic (exact) mass is 402 g/mol. The van der Waals surface area contributed by atoms with Crippen LogP contribution in [0.25, 0.3) is 11.5 Å². The Morgan fingerprint density at radius 2 is 2.21 bits per heavy atom. The molecule has 2 heterocycles. The van der Waals surface area contributed by atoms with Crippen LogP contribution in [0.3, 0.4) is 0 Å². The van der Waals surface area contributed by atoms with Crippen LogP contribution in [0, 0.1) is 11.7 Å². The summed E-state index contributed by atoms with van der Waals surface area (Å²) in [4.78, 5) is 22.9. The number of carbonyl (C=O) groups excluding carboxylic acids is 1. The number of oxazole rings is 1. The lowest BCUT2D eigenvalue weighted by Gasteiger charge is -2.33. The molecule has 8 heteroatoms. The van der Waals surface area contributed by atoms with Crippen LogP contribution in [0.15, 0.2) is 39.9 Å². The van der Waals surface area contributed by atoms with E-state index in [1.165, 1.54) is 12.1 Å². The molecule has 1 saturated heterocycles. The number of halogens is 1. The lowest BCUT2D eigenvalue weighted by atomic mass is 9.98. The van der Waals surface area contributed by atoms with Gasteiger partial charge in [0, 0.05) is 38.7 Å². The van der Waals surface area contributed by atoms with Crippen molar-refractivity contribution in [2.45, 2.75) is 26.2 Å². The predicted octanol–water partition coefficient (Wildman–Crippen LogP) is 2.87. The Hall–Kier alpha value is -2.90. The smallest absolute Gasteiger partial charge is 0.310 e. The minimum atomic E-state index is -0.293. The molecule has 1 aromatic carbocycles. The summed E-state index contributed by atoms with van der Waals surface area (Å²) in [6, 6.07) is 6.04. The van der Waals surface area contributed by atoms with Gasteiger partial charge in [-0.3, -0.25) is 9.79 Å². The van der Waals surface area contributed by atoms with Crippen molar-refractivity contribution >= 4 is 11.9 Å². The molecule has 1 aromatic heterocycles. The van der Waals surface area contributed by atoms with Crippen LogP contribution in [0.2, 0.25) is 0 Å². The van der Waals surface area contributed by atoms with Gasteiger partial charge in [-0.15, -0.1) is 0 Å². The van der Waals surface area contributed by atoms with Gasteiger partial charge in [-0.25, -0.2) is 9.37 Å². The molecule has 7 nitrogen and oxygen atoms in total. The molecule has 1 atom stereocenters. The summed E-state index contributed by atoms with van der Waals surface area (Å²) in [5, 5.41) is 3.33. The van der Waals surface area contributed by atoms with Gasteiger partial charge in [0.2, 0.25) is 5.89 Å². The maximum Gasteiger partial charge on any atom is 0.310 e. The Morgan fingerprint density at radius 1 is 1.41 bits per heavy atom. The van der Waals surface area contributed by atoms with Crippen molar-refractivity contribution < 1.29 is 18.3 Å². The molecule has 1 fully saturated rings. The SMILES string of the molecule is CCOC(=O)C1CCCN(C(=NC)NCCc2coc(-c3ccc(F)cc3)n2)C1. The molecule has 156 valence electrons. The zero-order valence-electron chi connectivity index (χ0n) is 16.9. The molecule has 1 aliphatic heterocycles. The highest BCUT2D eigenvalue weighted by Crippen LogP contribution is 2.20. The van der Waals surface area contributed by atoms with Gasteiger partial charge in [0.05, 0.1) is 18.2 Å². The quantitative estimate of drug-likeness (QED) is 0.455. The minimum absolute atomic E-state index is 0.115. The first-order valence-corrected chi connectivity index (χ1v) is 9.93. The van der Waals surface area contributed by atoms with Crippen molar-refractivity contribution in [3.8, 4) is 11.5 Å². The summed E-state index contributed by atoms with van der Waals surface area (Å²) < 4.78 is 23.7. The van der Waals surface area contributed by atoms with Crippen molar-refractivity contribution in [1.82, 2.24) is 15.2 Å². The van der Waals surface area contributed by atoms with E-state index in [2.05, 4.69) is 20.2 Å². The largest absolute Gasteiger partial charge is 0.466 e. The van der Waals surface area contributed by atoms with E-state index >= 15 is 0 Å². The maximum absolute atomic E-state index is 13.0. The number of hydrogen-bond acceptors (Lipinski definition) is 5. The highest BCUT2D eigenvalue weighted by atomic mass is 19.1. The number of carbonyl (C=O) groups is 1. The molecule has 0 spiro atoms. The Bertz CT molecular complexity index is 835. The zero-order chi connectivity index (χ0) is 20.6. The summed E-state index contributed by atoms with van der Waals surface area (Å²) in [6.45, 7) is 4.32. The molecule has 0 amide bonds. The fourth-order valence-corrected chi connectivity index (χ4v) is 3.40. The number of piperidine rings is 1. The average molecular weight is 402 g/mol. The number of guanidine groups is 1. The van der Waals surface area contributed by atoms with Gasteiger partial charge in [-0.2, -0.15) is 0 Å². The third kappa shape index (κ3) is 5.56. The Kier molecular flexibility index (Phi) is 7.21. The van der Waals surface area contributed by atoms with Crippen LogP contribution in [0.1, 0.15) is 25.5 Å². The molecule has 3 rings (SSSR count). The number of rotatable bonds is 6. The van der Waals surface area contributed by atoms with E-state index in [1.807, 2.05) is 6.92 Å². The van der Waals surface area contributed by atoms with Crippen molar-refractivity contribution in [3.63, 3.8) is 0 Å². The number of nitrogens with one attached hydrogen (secondary N) is 1. The first kappa shape index (κ1) is 20.8. The second kappa shape index (κ2) is 10.0. The van der Waals surface area contributed by atoms with Gasteiger partial charge < -0.3 is 19.4 Å². The fraction of sp³-hybridized carbons (Fsp3) is 0.476. The molecule has 2 aromatic rings. The van der Waals surface area contributed by atoms with Crippen molar-refractivity contribution in [2.75, 3.05) is 33.3 Å². The van der Waals surface area contributed by atoms with Crippen LogP contribution in [0.4, 0.5) is 4.39 Å². The van der Waals surface area contributed by atoms with E-state index in [4.69, 9.17) is 9.15 Å². The second-order valence-electron chi connectivity index (χ2n) is 6.91. The third-order valence-corrected chi connectivity index (χ3v) is 4.86. The molecule has 29 heavy (non-hydrogen) atoms. The molecule has 1 aliphatic rings. The molecule has 0 aliphatic carbocycles. The average Bonchev–Trinajstić information content (AvgIpc) is 3.21. The molecule has 0 radical (unpaired) electrons. The number of aliphatic imine (C=N–C) groups is 1. The van der Waals surface area contributed by atoms with Gasteiger partial charge in [0.25, 0.3) is 0 Å². The summed E-state index contributed by atoms with van der Waals surface area (Å²) in [6.07, 6.45) is 4.03. The topological polar surface area (TPSA) is 80.0 Å². The lowest BCUT2D eigenvalue weighted by Crippen LogP contribution is -2.48. The predicted molar refractivity (Wildman–Crippen MR) is 108 cm³/mol. The van der Waals surface area contributed by atoms with E-state index in [1.54, 1.807) is 25.4 Å². The number of nitrogens with zero attached hydrogens (tertiary/aromatic N) is 3. The van der Waals surface area contributed by atoms with Crippen LogP contribution >= 0.6 is 0 Å². The summed E-state index contributed by atoms with van der Waals surface area (Å²) in [7, 11) is 1.74. The second-order valence-corrected chi connectivity index (χ2v) is 6.91. The van der Waals surface area contributed by atoms with Crippen molar-refractivity contribution in [3.05, 3.63) is 42.0 Å². The first-order chi connectivity index (χ1) is 14.1. The van der Waals surface area contributed by atoms with Gasteiger partial charge >= 0.3 is 5.97 Å². The van der Waals surface area contributed by atoms with E-state index in [9.17, 15) is 9.18 Å². The summed E-state index contributed by atoms with van der Waals surface area (Å²) in [5.41, 5.74) is 1.54. The standard InChI is InChI=1S/C21H27FN4O3/c1-3-28-20(27)16-5-4-12-26(13-16)21(23-2)24-11-10-18-14-29-19(25-18)15-6-8-17(22)9-7-15/h6-9,14,16H,3-5,10-13H2,1-2H3,(H,23,24). The number of ether oxygens (including phenoxy) is 1. The maximum atomic E-state index is 13.0. The molecule has 0 saturated carbocycles. The first-order valence-electron chi connectivity index (χ1n) is 9.93. The highest BCUT2D eigenvalue weighted by Gasteiger charge is 2.28. The fourth-order valence-electron chi connectivity index (χ4n) is 3.40. The molecular formula is C21H27FN4O3. The number of benzene rings is 1. The highest BCUT2D eigenvalue weighted by molar-refractivity contribution is 5.81. The Balaban J connectivity index is 1.51. The van der Waals surface area contributed by atoms with E-state index < -0.39 is 0 Å². The Labute approximate surface area is 170 Å². The molecule has 0 bridgehead atoms. The van der Waals surface area contributed by atoms with Gasteiger partial charge in [-0.05, 0) is 44.0 Å². The van der Waals surface area contributed by atoms with Crippen LogP contribution < -0.4 is 5.32 Å². The summed E-state index contributed by atoms with van der Waals surface area (Å²) in [5.74, 6) is 0.692. The van der Waals surface area contributed by atoms with Crippen LogP contribution in [0.5, 0.6) is 0 Å². The van der Waals surface area contributed by atoms with Crippen LogP contribution in [-0.2, 0) is 16.0 Å². The molecular weight excluding hydrogens is 375 g/mol. The number of likely N-dealkylation sites (tertiary alicyclic amines) is 1. The Morgan fingerprint density at radius 3 is 2.93 bits per heavy atom. The number of aromatic nitrogens is 1. The normalized spacial score (nSPS) is 17.3. The van der Waals surface area contributed by atoms with Gasteiger partial charge in [0.1, 0.15) is 12.1 Å². The van der Waals surface area contributed by atoms with E-state index in [0.717, 1.165) is 36.6 Å². The minimum Gasteiger partial charge on any atom is -0.466 e. The third-order valence-electron chi connectivity index (χ3n) is 4.86. The van der Waals surface area contributed by atoms with Gasteiger partial charge in [0.15, 0.2) is 5.96 Å². The van der Waals surface area contributed by atoms with E-state index in [-0.39, 0.29) is 17.7 Å². The summed E-state index contributed by atoms with van der Waals surface area (Å²) >= 11 is 0. The van der Waals surface area contributed by atoms with Crippen molar-refractivity contribution in [1.29, 1.82) is 0 Å². The van der Waals surface area contributed by atoms with Gasteiger partial charge in [-0.1, -0.05) is 0 Å². The molecule has 1 unspecified atom stereocenters. The van der Waals surface area contributed by atoms with Crippen LogP contribution in [-0.4, -0.2) is 55.1 Å². The van der Waals surface area contributed by atoms with E-state index in [0.29, 0.717) is 32.0 Å². The number of hydrogen-bond donors (Lipinski definition) is 1. The molecule has 1 N–H and O–H groups in total. The number of esters is 1. The lowest BCUT2D eigenvalue weighted by molar-refractivity contribution is -0.149. The van der Waals surface area contributed by atoms with Crippen molar-refractivity contribution in [2.24, 2.45) is 10.9 Å².